The van der Waals surface area contributed by atoms with Gasteiger partial charge in [-0.15, -0.1) is 0 Å². The van der Waals surface area contributed by atoms with Crippen molar-refractivity contribution in [1.29, 1.82) is 0 Å². The zero-order valence-electron chi connectivity index (χ0n) is 12.2. The first kappa shape index (κ1) is 16.6. The summed E-state index contributed by atoms with van der Waals surface area (Å²) in [4.78, 5) is 23.4. The molecule has 128 valence electrons. The maximum absolute atomic E-state index is 14.1. The molecule has 0 bridgehead atoms. The van der Waals surface area contributed by atoms with E-state index in [1.165, 1.54) is 18.2 Å². The van der Waals surface area contributed by atoms with Gasteiger partial charge in [-0.1, -0.05) is 18.2 Å². The average molecular weight is 352 g/mol. The summed E-state index contributed by atoms with van der Waals surface area (Å²) in [6.07, 6.45) is -4.76. The van der Waals surface area contributed by atoms with Gasteiger partial charge in [0, 0.05) is 0 Å². The maximum atomic E-state index is 14.1. The second kappa shape index (κ2) is 5.69. The van der Waals surface area contributed by atoms with Crippen LogP contribution in [-0.4, -0.2) is 20.9 Å². The SMILES string of the molecule is O=C(O)c1nn(-c2ccccc2C(F)(F)F)c2cccc(F)c2c1=O. The van der Waals surface area contributed by atoms with Gasteiger partial charge < -0.3 is 5.11 Å². The molecule has 0 fully saturated rings. The van der Waals surface area contributed by atoms with Crippen LogP contribution in [0, 0.1) is 5.82 Å². The van der Waals surface area contributed by atoms with Gasteiger partial charge in [-0.3, -0.25) is 4.79 Å². The van der Waals surface area contributed by atoms with Crippen molar-refractivity contribution in [3.05, 3.63) is 69.8 Å². The summed E-state index contributed by atoms with van der Waals surface area (Å²) >= 11 is 0. The van der Waals surface area contributed by atoms with E-state index in [4.69, 9.17) is 5.11 Å². The van der Waals surface area contributed by atoms with Gasteiger partial charge >= 0.3 is 12.1 Å². The maximum Gasteiger partial charge on any atom is 0.418 e. The van der Waals surface area contributed by atoms with Crippen molar-refractivity contribution >= 4 is 16.9 Å². The Hall–Kier alpha value is -3.23. The Balaban J connectivity index is 2.51. The molecule has 3 aromatic rings. The number of hydrogen-bond acceptors (Lipinski definition) is 3. The third kappa shape index (κ3) is 2.73. The van der Waals surface area contributed by atoms with Gasteiger partial charge in [0.05, 0.1) is 22.2 Å². The van der Waals surface area contributed by atoms with Gasteiger partial charge in [0.25, 0.3) is 0 Å². The number of carboxylic acids is 1. The fourth-order valence-corrected chi connectivity index (χ4v) is 2.45. The lowest BCUT2D eigenvalue weighted by Crippen LogP contribution is -2.24. The highest BCUT2D eigenvalue weighted by molar-refractivity contribution is 5.91. The van der Waals surface area contributed by atoms with E-state index in [9.17, 15) is 27.2 Å². The van der Waals surface area contributed by atoms with Crippen LogP contribution in [0.5, 0.6) is 0 Å². The summed E-state index contributed by atoms with van der Waals surface area (Å²) < 4.78 is 54.5. The predicted molar refractivity (Wildman–Crippen MR) is 79.3 cm³/mol. The Morgan fingerprint density at radius 1 is 1.08 bits per heavy atom. The molecule has 2 aromatic carbocycles. The van der Waals surface area contributed by atoms with Crippen molar-refractivity contribution in [1.82, 2.24) is 9.78 Å². The molecule has 0 unspecified atom stereocenters. The highest BCUT2D eigenvalue weighted by Gasteiger charge is 2.34. The molecule has 0 aliphatic heterocycles. The molecule has 0 amide bonds. The van der Waals surface area contributed by atoms with E-state index in [1.54, 1.807) is 0 Å². The summed E-state index contributed by atoms with van der Waals surface area (Å²) in [6, 6.07) is 7.55. The van der Waals surface area contributed by atoms with Crippen molar-refractivity contribution in [2.45, 2.75) is 6.18 Å². The predicted octanol–water partition coefficient (Wildman–Crippen LogP) is 3.24. The molecule has 0 radical (unpaired) electrons. The van der Waals surface area contributed by atoms with Crippen LogP contribution in [-0.2, 0) is 6.18 Å². The zero-order valence-corrected chi connectivity index (χ0v) is 12.2. The van der Waals surface area contributed by atoms with Gasteiger partial charge in [-0.05, 0) is 24.3 Å². The van der Waals surface area contributed by atoms with Crippen LogP contribution in [0.15, 0.2) is 47.3 Å². The quantitative estimate of drug-likeness (QED) is 0.719. The number of carbonyl (C=O) groups is 1. The van der Waals surface area contributed by atoms with Gasteiger partial charge in [0.2, 0.25) is 11.1 Å². The first-order valence-corrected chi connectivity index (χ1v) is 6.83. The molecule has 0 saturated carbocycles. The summed E-state index contributed by atoms with van der Waals surface area (Å²) in [6.45, 7) is 0. The lowest BCUT2D eigenvalue weighted by Gasteiger charge is -2.16. The molecule has 1 aromatic heterocycles. The van der Waals surface area contributed by atoms with Crippen LogP contribution in [0.2, 0.25) is 0 Å². The molecule has 3 rings (SSSR count). The molecule has 0 atom stereocenters. The van der Waals surface area contributed by atoms with E-state index < -0.39 is 45.7 Å². The number of carboxylic acid groups (broad SMARTS) is 1. The molecule has 0 aliphatic carbocycles. The highest BCUT2D eigenvalue weighted by Crippen LogP contribution is 2.34. The summed E-state index contributed by atoms with van der Waals surface area (Å²) in [5.74, 6) is -2.82. The van der Waals surface area contributed by atoms with Crippen molar-refractivity contribution in [3.63, 3.8) is 0 Å². The molecule has 0 aliphatic rings. The van der Waals surface area contributed by atoms with Crippen LogP contribution < -0.4 is 5.43 Å². The van der Waals surface area contributed by atoms with Gasteiger partial charge in [-0.2, -0.15) is 18.3 Å². The van der Waals surface area contributed by atoms with Crippen LogP contribution in [0.1, 0.15) is 16.1 Å². The fraction of sp³-hybridized carbons (Fsp3) is 0.0625. The molecule has 5 nitrogen and oxygen atoms in total. The molecule has 9 heteroatoms. The van der Waals surface area contributed by atoms with Gasteiger partial charge in [0.15, 0.2) is 0 Å². The minimum absolute atomic E-state index is 0.272. The molecule has 1 N–H and O–H groups in total. The Bertz CT molecular complexity index is 1060. The van der Waals surface area contributed by atoms with E-state index in [-0.39, 0.29) is 5.52 Å². The van der Waals surface area contributed by atoms with Crippen LogP contribution in [0.4, 0.5) is 17.6 Å². The van der Waals surface area contributed by atoms with E-state index in [2.05, 4.69) is 5.10 Å². The Kier molecular flexibility index (Phi) is 3.78. The normalized spacial score (nSPS) is 11.7. The summed E-state index contributed by atoms with van der Waals surface area (Å²) in [5.41, 5.74) is -4.18. The second-order valence-corrected chi connectivity index (χ2v) is 5.04. The molecular weight excluding hydrogens is 344 g/mol. The van der Waals surface area contributed by atoms with E-state index in [0.29, 0.717) is 4.68 Å². The van der Waals surface area contributed by atoms with E-state index in [1.807, 2.05) is 0 Å². The number of para-hydroxylation sites is 1. The van der Waals surface area contributed by atoms with Gasteiger partial charge in [0.1, 0.15) is 5.82 Å². The van der Waals surface area contributed by atoms with E-state index in [0.717, 1.165) is 24.3 Å². The van der Waals surface area contributed by atoms with E-state index >= 15 is 0 Å². The first-order valence-electron chi connectivity index (χ1n) is 6.83. The topological polar surface area (TPSA) is 72.2 Å². The number of fused-ring (bicyclic) bond motifs is 1. The summed E-state index contributed by atoms with van der Waals surface area (Å²) in [7, 11) is 0. The molecular formula is C16H8F4N2O3. The molecule has 0 saturated heterocycles. The van der Waals surface area contributed by atoms with Crippen LogP contribution >= 0.6 is 0 Å². The van der Waals surface area contributed by atoms with Crippen molar-refractivity contribution < 1.29 is 27.5 Å². The molecule has 0 spiro atoms. The number of nitrogens with zero attached hydrogens (tertiary/aromatic N) is 2. The second-order valence-electron chi connectivity index (χ2n) is 5.04. The smallest absolute Gasteiger partial charge is 0.418 e. The minimum atomic E-state index is -4.76. The lowest BCUT2D eigenvalue weighted by atomic mass is 10.1. The van der Waals surface area contributed by atoms with Crippen LogP contribution in [0.25, 0.3) is 16.6 Å². The van der Waals surface area contributed by atoms with Crippen molar-refractivity contribution in [3.8, 4) is 5.69 Å². The number of halogens is 4. The number of aromatic nitrogens is 2. The Morgan fingerprint density at radius 3 is 2.40 bits per heavy atom. The largest absolute Gasteiger partial charge is 0.476 e. The molecule has 1 heterocycles. The number of aromatic carboxylic acids is 1. The Morgan fingerprint density at radius 2 is 1.76 bits per heavy atom. The van der Waals surface area contributed by atoms with Crippen molar-refractivity contribution in [2.24, 2.45) is 0 Å². The average Bonchev–Trinajstić information content (AvgIpc) is 2.54. The van der Waals surface area contributed by atoms with Crippen molar-refractivity contribution in [2.75, 3.05) is 0 Å². The lowest BCUT2D eigenvalue weighted by molar-refractivity contribution is -0.137. The van der Waals surface area contributed by atoms with Crippen LogP contribution in [0.3, 0.4) is 0 Å². The monoisotopic (exact) mass is 352 g/mol. The fourth-order valence-electron chi connectivity index (χ4n) is 2.45. The third-order valence-corrected chi connectivity index (χ3v) is 3.50. The minimum Gasteiger partial charge on any atom is -0.476 e. The number of hydrogen-bond donors (Lipinski definition) is 1. The number of rotatable bonds is 2. The standard InChI is InChI=1S/C16H8F4N2O3/c17-9-5-3-7-11-12(9)14(23)13(15(24)25)21-22(11)10-6-2-1-4-8(10)16(18,19)20/h1-7H,(H,24,25). The molecule has 25 heavy (non-hydrogen) atoms. The Labute approximate surface area is 136 Å². The first-order chi connectivity index (χ1) is 11.7. The third-order valence-electron chi connectivity index (χ3n) is 3.50. The zero-order chi connectivity index (χ0) is 18.4. The number of alkyl halides is 3. The number of benzene rings is 2. The van der Waals surface area contributed by atoms with Gasteiger partial charge in [-0.25, -0.2) is 13.9 Å². The summed E-state index contributed by atoms with van der Waals surface area (Å²) in [5, 5.41) is 12.0. The highest BCUT2D eigenvalue weighted by atomic mass is 19.4.